The van der Waals surface area contributed by atoms with Crippen LogP contribution in [0.3, 0.4) is 0 Å². The van der Waals surface area contributed by atoms with Crippen LogP contribution in [0.25, 0.3) is 6.08 Å². The number of halogens is 1. The highest BCUT2D eigenvalue weighted by Gasteiger charge is 2.08. The summed E-state index contributed by atoms with van der Waals surface area (Å²) in [6.07, 6.45) is 2.70. The molecule has 0 saturated carbocycles. The van der Waals surface area contributed by atoms with Gasteiger partial charge in [-0.15, -0.1) is 0 Å². The molecule has 2 rings (SSSR count). The first-order chi connectivity index (χ1) is 9.99. The number of hydrogen-bond acceptors (Lipinski definition) is 2. The Bertz CT molecular complexity index is 695. The summed E-state index contributed by atoms with van der Waals surface area (Å²) >= 11 is 3.49. The lowest BCUT2D eigenvalue weighted by Gasteiger charge is -2.22. The summed E-state index contributed by atoms with van der Waals surface area (Å²) in [4.78, 5) is 12.7. The van der Waals surface area contributed by atoms with Crippen molar-refractivity contribution in [2.24, 2.45) is 0 Å². The van der Waals surface area contributed by atoms with Gasteiger partial charge in [-0.3, -0.25) is 0 Å². The van der Waals surface area contributed by atoms with Crippen LogP contribution in [0.2, 0.25) is 0 Å². The van der Waals surface area contributed by atoms with E-state index in [4.69, 9.17) is 5.11 Å². The quantitative estimate of drug-likeness (QED) is 0.821. The average molecular weight is 346 g/mol. The summed E-state index contributed by atoms with van der Waals surface area (Å²) in [5.74, 6) is -0.956. The largest absolute Gasteiger partial charge is 0.478 e. The molecule has 0 spiro atoms. The van der Waals surface area contributed by atoms with Crippen molar-refractivity contribution in [2.45, 2.75) is 6.92 Å². The third-order valence-electron chi connectivity index (χ3n) is 3.25. The zero-order chi connectivity index (χ0) is 15.4. The first-order valence-corrected chi connectivity index (χ1v) is 7.28. The van der Waals surface area contributed by atoms with E-state index < -0.39 is 5.97 Å². The van der Waals surface area contributed by atoms with Crippen molar-refractivity contribution in [3.05, 3.63) is 64.1 Å². The van der Waals surface area contributed by atoms with Gasteiger partial charge in [-0.25, -0.2) is 4.79 Å². The standard InChI is InChI=1S/C17H16BrNO2/c1-12-5-3-4-6-16(12)19(2)14-9-7-13(15(18)11-14)8-10-17(20)21/h3-11H,1-2H3,(H,20,21)/b10-8+. The monoisotopic (exact) mass is 345 g/mol. The van der Waals surface area contributed by atoms with Gasteiger partial charge in [0, 0.05) is 29.0 Å². The Hall–Kier alpha value is -2.07. The maximum Gasteiger partial charge on any atom is 0.328 e. The summed E-state index contributed by atoms with van der Waals surface area (Å²) in [6.45, 7) is 2.07. The van der Waals surface area contributed by atoms with Crippen molar-refractivity contribution >= 4 is 39.4 Å². The van der Waals surface area contributed by atoms with Crippen LogP contribution in [-0.4, -0.2) is 18.1 Å². The fraction of sp³-hybridized carbons (Fsp3) is 0.118. The average Bonchev–Trinajstić information content (AvgIpc) is 2.45. The molecule has 0 amide bonds. The fourth-order valence-electron chi connectivity index (χ4n) is 2.10. The van der Waals surface area contributed by atoms with Crippen LogP contribution in [-0.2, 0) is 4.79 Å². The molecule has 0 heterocycles. The van der Waals surface area contributed by atoms with Crippen molar-refractivity contribution in [3.8, 4) is 0 Å². The van der Waals surface area contributed by atoms with Gasteiger partial charge in [-0.1, -0.05) is 40.2 Å². The zero-order valence-electron chi connectivity index (χ0n) is 11.9. The molecule has 3 nitrogen and oxygen atoms in total. The Balaban J connectivity index is 2.32. The Labute approximate surface area is 132 Å². The highest BCUT2D eigenvalue weighted by Crippen LogP contribution is 2.30. The molecule has 0 aliphatic carbocycles. The van der Waals surface area contributed by atoms with E-state index in [-0.39, 0.29) is 0 Å². The van der Waals surface area contributed by atoms with Gasteiger partial charge in [0.2, 0.25) is 0 Å². The van der Waals surface area contributed by atoms with Crippen LogP contribution < -0.4 is 4.90 Å². The van der Waals surface area contributed by atoms with E-state index in [0.29, 0.717) is 0 Å². The molecule has 0 atom stereocenters. The molecule has 2 aromatic carbocycles. The minimum absolute atomic E-state index is 0.833. The predicted molar refractivity (Wildman–Crippen MR) is 90.1 cm³/mol. The third-order valence-corrected chi connectivity index (χ3v) is 3.94. The second kappa shape index (κ2) is 6.59. The molecule has 2 aromatic rings. The maximum atomic E-state index is 10.6. The topological polar surface area (TPSA) is 40.5 Å². The maximum absolute atomic E-state index is 10.6. The van der Waals surface area contributed by atoms with Crippen molar-refractivity contribution in [1.29, 1.82) is 0 Å². The number of hydrogen-bond donors (Lipinski definition) is 1. The van der Waals surface area contributed by atoms with Crippen LogP contribution in [0.5, 0.6) is 0 Å². The van der Waals surface area contributed by atoms with E-state index in [0.717, 1.165) is 27.5 Å². The molecule has 0 aliphatic rings. The van der Waals surface area contributed by atoms with E-state index >= 15 is 0 Å². The van der Waals surface area contributed by atoms with E-state index in [1.54, 1.807) is 6.08 Å². The highest BCUT2D eigenvalue weighted by atomic mass is 79.9. The van der Waals surface area contributed by atoms with Crippen molar-refractivity contribution in [2.75, 3.05) is 11.9 Å². The molecule has 21 heavy (non-hydrogen) atoms. The van der Waals surface area contributed by atoms with Gasteiger partial charge in [-0.05, 0) is 42.3 Å². The van der Waals surface area contributed by atoms with Crippen molar-refractivity contribution in [3.63, 3.8) is 0 Å². The minimum atomic E-state index is -0.956. The summed E-state index contributed by atoms with van der Waals surface area (Å²) in [6, 6.07) is 14.0. The van der Waals surface area contributed by atoms with Gasteiger partial charge in [0.25, 0.3) is 0 Å². The Morgan fingerprint density at radius 3 is 2.57 bits per heavy atom. The van der Waals surface area contributed by atoms with Crippen LogP contribution >= 0.6 is 15.9 Å². The first-order valence-electron chi connectivity index (χ1n) is 6.49. The number of aryl methyl sites for hydroxylation is 1. The molecular formula is C17H16BrNO2. The van der Waals surface area contributed by atoms with Crippen LogP contribution in [0.1, 0.15) is 11.1 Å². The number of para-hydroxylation sites is 1. The molecule has 0 fully saturated rings. The molecule has 0 aromatic heterocycles. The first kappa shape index (κ1) is 15.3. The van der Waals surface area contributed by atoms with Crippen LogP contribution in [0, 0.1) is 6.92 Å². The molecule has 0 radical (unpaired) electrons. The summed E-state index contributed by atoms with van der Waals surface area (Å²) in [5, 5.41) is 8.68. The molecule has 4 heteroatoms. The predicted octanol–water partition coefficient (Wildman–Crippen LogP) is 4.62. The zero-order valence-corrected chi connectivity index (χ0v) is 13.5. The number of anilines is 2. The molecule has 0 bridgehead atoms. The Kier molecular flexibility index (Phi) is 4.81. The normalized spacial score (nSPS) is 10.8. The van der Waals surface area contributed by atoms with Gasteiger partial charge >= 0.3 is 5.97 Å². The Morgan fingerprint density at radius 2 is 1.95 bits per heavy atom. The summed E-state index contributed by atoms with van der Waals surface area (Å²) in [5.41, 5.74) is 4.20. The second-order valence-corrected chi connectivity index (χ2v) is 5.58. The van der Waals surface area contributed by atoms with Crippen LogP contribution in [0.4, 0.5) is 11.4 Å². The lowest BCUT2D eigenvalue weighted by atomic mass is 10.1. The number of aliphatic carboxylic acids is 1. The summed E-state index contributed by atoms with van der Waals surface area (Å²) in [7, 11) is 2.01. The molecule has 108 valence electrons. The van der Waals surface area contributed by atoms with E-state index in [1.165, 1.54) is 5.56 Å². The van der Waals surface area contributed by atoms with Crippen molar-refractivity contribution < 1.29 is 9.90 Å². The van der Waals surface area contributed by atoms with Crippen LogP contribution in [0.15, 0.2) is 53.0 Å². The smallest absolute Gasteiger partial charge is 0.328 e. The fourth-order valence-corrected chi connectivity index (χ4v) is 2.60. The molecule has 0 aliphatic heterocycles. The van der Waals surface area contributed by atoms with Gasteiger partial charge in [0.05, 0.1) is 0 Å². The van der Waals surface area contributed by atoms with Gasteiger partial charge in [0.1, 0.15) is 0 Å². The van der Waals surface area contributed by atoms with Gasteiger partial charge in [0.15, 0.2) is 0 Å². The number of carboxylic acids is 1. The lowest BCUT2D eigenvalue weighted by molar-refractivity contribution is -0.131. The number of rotatable bonds is 4. The lowest BCUT2D eigenvalue weighted by Crippen LogP contribution is -2.10. The SMILES string of the molecule is Cc1ccccc1N(C)c1ccc(/C=C/C(=O)O)c(Br)c1. The molecule has 1 N–H and O–H groups in total. The van der Waals surface area contributed by atoms with Gasteiger partial charge < -0.3 is 10.0 Å². The second-order valence-electron chi connectivity index (χ2n) is 4.72. The number of carboxylic acid groups (broad SMARTS) is 1. The van der Waals surface area contributed by atoms with E-state index in [1.807, 2.05) is 37.4 Å². The molecular weight excluding hydrogens is 330 g/mol. The Morgan fingerprint density at radius 1 is 1.24 bits per heavy atom. The number of benzene rings is 2. The highest BCUT2D eigenvalue weighted by molar-refractivity contribution is 9.10. The van der Waals surface area contributed by atoms with E-state index in [2.05, 4.69) is 39.9 Å². The number of carbonyl (C=O) groups is 1. The van der Waals surface area contributed by atoms with Crippen molar-refractivity contribution in [1.82, 2.24) is 0 Å². The van der Waals surface area contributed by atoms with E-state index in [9.17, 15) is 4.79 Å². The number of nitrogens with zero attached hydrogens (tertiary/aromatic N) is 1. The molecule has 0 unspecified atom stereocenters. The minimum Gasteiger partial charge on any atom is -0.478 e. The summed E-state index contributed by atoms with van der Waals surface area (Å²) < 4.78 is 0.859. The van der Waals surface area contributed by atoms with Gasteiger partial charge in [-0.2, -0.15) is 0 Å². The third kappa shape index (κ3) is 3.73. The molecule has 0 saturated heterocycles.